The first-order valence-electron chi connectivity index (χ1n) is 8.73. The number of rotatable bonds is 5. The summed E-state index contributed by atoms with van der Waals surface area (Å²) in [6.07, 6.45) is 2.41. The summed E-state index contributed by atoms with van der Waals surface area (Å²) in [4.78, 5) is 13.2. The Bertz CT molecular complexity index is 1100. The average molecular weight is 376 g/mol. The van der Waals surface area contributed by atoms with E-state index in [1.54, 1.807) is 11.3 Å². The second-order valence-corrected chi connectivity index (χ2v) is 7.27. The van der Waals surface area contributed by atoms with Gasteiger partial charge in [0.15, 0.2) is 16.8 Å². The van der Waals surface area contributed by atoms with E-state index in [9.17, 15) is 0 Å². The van der Waals surface area contributed by atoms with Crippen LogP contribution in [0.4, 0.5) is 28.1 Å². The molecule has 6 nitrogen and oxygen atoms in total. The second kappa shape index (κ2) is 7.20. The molecule has 2 aromatic carbocycles. The number of nitrogens with two attached hydrogens (primary N) is 1. The van der Waals surface area contributed by atoms with Crippen LogP contribution >= 0.6 is 11.3 Å². The van der Waals surface area contributed by atoms with Crippen LogP contribution in [0.15, 0.2) is 48.8 Å². The molecule has 0 amide bonds. The minimum atomic E-state index is 0.457. The summed E-state index contributed by atoms with van der Waals surface area (Å²) in [6.45, 7) is 4.19. The van der Waals surface area contributed by atoms with Crippen LogP contribution < -0.4 is 16.4 Å². The molecule has 27 heavy (non-hydrogen) atoms. The number of aromatic nitrogens is 3. The van der Waals surface area contributed by atoms with Gasteiger partial charge >= 0.3 is 0 Å². The largest absolute Gasteiger partial charge is 0.393 e. The number of nitrogens with zero attached hydrogens (tertiary/aromatic N) is 3. The van der Waals surface area contributed by atoms with E-state index in [1.807, 2.05) is 24.3 Å². The van der Waals surface area contributed by atoms with Crippen molar-refractivity contribution in [3.63, 3.8) is 0 Å². The first-order valence-corrected chi connectivity index (χ1v) is 9.55. The molecular formula is C20H20N6S. The normalized spacial score (nSPS) is 10.9. The highest BCUT2D eigenvalue weighted by Crippen LogP contribution is 2.32. The molecule has 7 heteroatoms. The van der Waals surface area contributed by atoms with Crippen molar-refractivity contribution in [3.8, 4) is 0 Å². The summed E-state index contributed by atoms with van der Waals surface area (Å²) in [5, 5.41) is 7.30. The van der Waals surface area contributed by atoms with Gasteiger partial charge < -0.3 is 16.4 Å². The second-order valence-electron chi connectivity index (χ2n) is 6.24. The molecule has 2 aromatic heterocycles. The molecule has 0 aliphatic rings. The zero-order chi connectivity index (χ0) is 18.8. The van der Waals surface area contributed by atoms with Gasteiger partial charge in [-0.1, -0.05) is 42.5 Å². The summed E-state index contributed by atoms with van der Waals surface area (Å²) in [7, 11) is 0. The third-order valence-electron chi connectivity index (χ3n) is 4.30. The number of benzene rings is 2. The molecule has 0 saturated carbocycles. The van der Waals surface area contributed by atoms with Gasteiger partial charge in [-0.15, -0.1) is 0 Å². The Balaban J connectivity index is 1.63. The van der Waals surface area contributed by atoms with Gasteiger partial charge in [-0.2, -0.15) is 0 Å². The number of para-hydroxylation sites is 1. The van der Waals surface area contributed by atoms with Gasteiger partial charge in [0.25, 0.3) is 0 Å². The zero-order valence-electron chi connectivity index (χ0n) is 15.2. The van der Waals surface area contributed by atoms with Crippen LogP contribution in [0.3, 0.4) is 0 Å². The van der Waals surface area contributed by atoms with Crippen molar-refractivity contribution in [2.75, 3.05) is 16.4 Å². The number of thiazole rings is 1. The van der Waals surface area contributed by atoms with Gasteiger partial charge in [0.1, 0.15) is 12.0 Å². The van der Waals surface area contributed by atoms with Crippen LogP contribution in [-0.2, 0) is 6.42 Å². The molecule has 0 bridgehead atoms. The zero-order valence-corrected chi connectivity index (χ0v) is 16.0. The lowest BCUT2D eigenvalue weighted by Gasteiger charge is -2.13. The fourth-order valence-corrected chi connectivity index (χ4v) is 3.82. The molecule has 0 aliphatic heterocycles. The Morgan fingerprint density at radius 2 is 1.81 bits per heavy atom. The lowest BCUT2D eigenvalue weighted by molar-refractivity contribution is 1.13. The topological polar surface area (TPSA) is 88.8 Å². The van der Waals surface area contributed by atoms with Gasteiger partial charge in [0.05, 0.1) is 10.2 Å². The van der Waals surface area contributed by atoms with Crippen molar-refractivity contribution >= 4 is 49.7 Å². The van der Waals surface area contributed by atoms with Crippen molar-refractivity contribution in [3.05, 3.63) is 59.9 Å². The molecule has 4 N–H and O–H groups in total. The van der Waals surface area contributed by atoms with E-state index in [1.165, 1.54) is 17.5 Å². The number of nitrogen functional groups attached to an aromatic ring is 1. The van der Waals surface area contributed by atoms with Crippen molar-refractivity contribution in [2.24, 2.45) is 0 Å². The van der Waals surface area contributed by atoms with Gasteiger partial charge in [0.2, 0.25) is 0 Å². The van der Waals surface area contributed by atoms with E-state index < -0.39 is 0 Å². The Labute approximate surface area is 161 Å². The molecule has 0 saturated heterocycles. The number of anilines is 5. The molecule has 2 heterocycles. The lowest BCUT2D eigenvalue weighted by Crippen LogP contribution is -2.06. The summed E-state index contributed by atoms with van der Waals surface area (Å²) in [5.41, 5.74) is 11.1. The number of nitrogens with one attached hydrogen (secondary N) is 2. The summed E-state index contributed by atoms with van der Waals surface area (Å²) < 4.78 is 1.13. The molecule has 4 aromatic rings. The first-order chi connectivity index (χ1) is 13.1. The lowest BCUT2D eigenvalue weighted by atomic mass is 10.1. The predicted octanol–water partition coefficient (Wildman–Crippen LogP) is 5.03. The first kappa shape index (κ1) is 17.2. The van der Waals surface area contributed by atoms with Crippen molar-refractivity contribution < 1.29 is 0 Å². The van der Waals surface area contributed by atoms with E-state index >= 15 is 0 Å². The van der Waals surface area contributed by atoms with E-state index in [4.69, 9.17) is 5.73 Å². The fraction of sp³-hybridized carbons (Fsp3) is 0.150. The highest BCUT2D eigenvalue weighted by Gasteiger charge is 2.12. The minimum Gasteiger partial charge on any atom is -0.393 e. The Hall–Kier alpha value is -3.19. The Kier molecular flexibility index (Phi) is 4.60. The third kappa shape index (κ3) is 3.54. The highest BCUT2D eigenvalue weighted by atomic mass is 32.1. The van der Waals surface area contributed by atoms with Crippen molar-refractivity contribution in [2.45, 2.75) is 20.3 Å². The summed E-state index contributed by atoms with van der Waals surface area (Å²) >= 11 is 1.57. The van der Waals surface area contributed by atoms with Crippen molar-refractivity contribution in [1.29, 1.82) is 0 Å². The highest BCUT2D eigenvalue weighted by molar-refractivity contribution is 7.22. The standard InChI is InChI=1S/C20H20N6S/c1-3-13-6-4-5-7-14(13)24-18-17(21)19(23-11-22-18)26-20-25-15-9-8-12(2)10-16(15)27-20/h4-11H,3,21H2,1-2H3,(H2,22,23,24,25,26). The molecule has 0 spiro atoms. The SMILES string of the molecule is CCc1ccccc1Nc1ncnc(Nc2nc3ccc(C)cc3s2)c1N. The Morgan fingerprint density at radius 1 is 1.04 bits per heavy atom. The van der Waals surface area contributed by atoms with Crippen LogP contribution in [0.1, 0.15) is 18.1 Å². The van der Waals surface area contributed by atoms with Gasteiger partial charge in [0, 0.05) is 5.69 Å². The van der Waals surface area contributed by atoms with E-state index in [2.05, 4.69) is 57.6 Å². The minimum absolute atomic E-state index is 0.457. The van der Waals surface area contributed by atoms with Crippen LogP contribution in [-0.4, -0.2) is 15.0 Å². The number of aryl methyl sites for hydroxylation is 2. The molecule has 0 radical (unpaired) electrons. The molecule has 0 unspecified atom stereocenters. The molecule has 136 valence electrons. The maximum Gasteiger partial charge on any atom is 0.189 e. The van der Waals surface area contributed by atoms with Crippen LogP contribution in [0.25, 0.3) is 10.2 Å². The predicted molar refractivity (Wildman–Crippen MR) is 113 cm³/mol. The monoisotopic (exact) mass is 376 g/mol. The van der Waals surface area contributed by atoms with Gasteiger partial charge in [-0.05, 0) is 42.7 Å². The maximum atomic E-state index is 6.32. The molecule has 0 aliphatic carbocycles. The third-order valence-corrected chi connectivity index (χ3v) is 5.24. The number of hydrogen-bond acceptors (Lipinski definition) is 7. The fourth-order valence-electron chi connectivity index (χ4n) is 2.86. The molecule has 0 atom stereocenters. The molecule has 0 fully saturated rings. The summed E-state index contributed by atoms with van der Waals surface area (Å²) in [5.74, 6) is 1.11. The number of fused-ring (bicyclic) bond motifs is 1. The Morgan fingerprint density at radius 3 is 2.63 bits per heavy atom. The molecule has 4 rings (SSSR count). The van der Waals surface area contributed by atoms with Crippen molar-refractivity contribution in [1.82, 2.24) is 15.0 Å². The maximum absolute atomic E-state index is 6.32. The smallest absolute Gasteiger partial charge is 0.189 e. The summed E-state index contributed by atoms with van der Waals surface area (Å²) in [6, 6.07) is 14.3. The average Bonchev–Trinajstić information content (AvgIpc) is 3.07. The van der Waals surface area contributed by atoms with E-state index in [-0.39, 0.29) is 0 Å². The van der Waals surface area contributed by atoms with Crippen LogP contribution in [0.5, 0.6) is 0 Å². The van der Waals surface area contributed by atoms with Crippen LogP contribution in [0, 0.1) is 6.92 Å². The molecular weight excluding hydrogens is 356 g/mol. The van der Waals surface area contributed by atoms with E-state index in [0.717, 1.165) is 27.5 Å². The quantitative estimate of drug-likeness (QED) is 0.453. The van der Waals surface area contributed by atoms with Gasteiger partial charge in [-0.25, -0.2) is 15.0 Å². The number of hydrogen-bond donors (Lipinski definition) is 3. The van der Waals surface area contributed by atoms with E-state index in [0.29, 0.717) is 17.3 Å². The van der Waals surface area contributed by atoms with Gasteiger partial charge in [-0.3, -0.25) is 0 Å². The van der Waals surface area contributed by atoms with Crippen LogP contribution in [0.2, 0.25) is 0 Å².